The molecule has 3 N–H and O–H groups in total. The van der Waals surface area contributed by atoms with Gasteiger partial charge in [-0.05, 0) is 74.3 Å². The summed E-state index contributed by atoms with van der Waals surface area (Å²) in [6.07, 6.45) is 4.27. The van der Waals surface area contributed by atoms with Crippen molar-refractivity contribution >= 4 is 57.3 Å². The van der Waals surface area contributed by atoms with E-state index in [1.165, 1.54) is 17.0 Å². The summed E-state index contributed by atoms with van der Waals surface area (Å²) in [5.74, 6) is -0.786. The van der Waals surface area contributed by atoms with Crippen LogP contribution in [0.15, 0.2) is 90.5 Å². The predicted octanol–water partition coefficient (Wildman–Crippen LogP) is 4.41. The molecule has 4 heterocycles. The van der Waals surface area contributed by atoms with Crippen LogP contribution in [0.4, 0.5) is 17.1 Å². The Kier molecular flexibility index (Phi) is 12.4. The van der Waals surface area contributed by atoms with Crippen molar-refractivity contribution in [3.8, 4) is 0 Å². The lowest BCUT2D eigenvalue weighted by atomic mass is 9.79. The number of aliphatic hydroxyl groups is 1. The smallest absolute Gasteiger partial charge is 0.261 e. The number of piperazine rings is 1. The second-order valence-electron chi connectivity index (χ2n) is 15.6. The maximum atomic E-state index is 14.3. The summed E-state index contributed by atoms with van der Waals surface area (Å²) in [6.45, 7) is 10.1. The molecule has 2 unspecified atom stereocenters. The topological polar surface area (TPSA) is 143 Å². The van der Waals surface area contributed by atoms with E-state index in [2.05, 4.69) is 43.9 Å². The fourth-order valence-corrected chi connectivity index (χ4v) is 8.48. The number of benzene rings is 3. The normalized spacial score (nSPS) is 20.3. The molecule has 0 saturated carbocycles. The summed E-state index contributed by atoms with van der Waals surface area (Å²) in [6, 6.07) is 20.4. The van der Waals surface area contributed by atoms with E-state index in [4.69, 9.17) is 11.6 Å². The minimum Gasteiger partial charge on any atom is -0.388 e. The Balaban J connectivity index is 0.980. The van der Waals surface area contributed by atoms with Gasteiger partial charge in [0.2, 0.25) is 17.7 Å². The number of amides is 3. The number of nitrogens with one attached hydrogen (secondary N) is 2. The van der Waals surface area contributed by atoms with Crippen molar-refractivity contribution in [1.82, 2.24) is 24.3 Å². The fraction of sp³-hybridized carbons (Fsp3) is 0.419. The van der Waals surface area contributed by atoms with Gasteiger partial charge in [-0.15, -0.1) is 0 Å². The summed E-state index contributed by atoms with van der Waals surface area (Å²) in [7, 11) is 2.10. The second kappa shape index (κ2) is 17.6. The van der Waals surface area contributed by atoms with E-state index in [1.807, 2.05) is 41.3 Å². The van der Waals surface area contributed by atoms with Gasteiger partial charge in [-0.2, -0.15) is 0 Å². The van der Waals surface area contributed by atoms with Crippen LogP contribution >= 0.6 is 11.6 Å². The van der Waals surface area contributed by atoms with Gasteiger partial charge in [0.1, 0.15) is 0 Å². The Morgan fingerprint density at radius 1 is 0.965 bits per heavy atom. The molecule has 3 aliphatic heterocycles. The first-order chi connectivity index (χ1) is 27.5. The van der Waals surface area contributed by atoms with E-state index in [9.17, 15) is 24.3 Å². The summed E-state index contributed by atoms with van der Waals surface area (Å²) in [5, 5.41) is 18.5. The van der Waals surface area contributed by atoms with Crippen LogP contribution in [0.1, 0.15) is 37.2 Å². The zero-order chi connectivity index (χ0) is 40.1. The molecule has 2 atom stereocenters. The summed E-state index contributed by atoms with van der Waals surface area (Å²) >= 11 is 6.42. The highest BCUT2D eigenvalue weighted by Gasteiger charge is 2.41. The Bertz CT molecular complexity index is 2160. The third-order valence-corrected chi connectivity index (χ3v) is 12.0. The largest absolute Gasteiger partial charge is 0.388 e. The van der Waals surface area contributed by atoms with E-state index in [0.29, 0.717) is 85.7 Å². The predicted molar refractivity (Wildman–Crippen MR) is 224 cm³/mol. The number of rotatable bonds is 11. The van der Waals surface area contributed by atoms with Gasteiger partial charge in [-0.3, -0.25) is 23.7 Å². The van der Waals surface area contributed by atoms with Gasteiger partial charge in [0, 0.05) is 87.9 Å². The van der Waals surface area contributed by atoms with Crippen molar-refractivity contribution < 1.29 is 19.5 Å². The maximum absolute atomic E-state index is 14.3. The van der Waals surface area contributed by atoms with Crippen molar-refractivity contribution in [1.29, 1.82) is 0 Å². The van der Waals surface area contributed by atoms with E-state index in [-0.39, 0.29) is 41.7 Å². The highest BCUT2D eigenvalue weighted by atomic mass is 35.5. The fourth-order valence-electron chi connectivity index (χ4n) is 8.32. The second-order valence-corrected chi connectivity index (χ2v) is 16.1. The van der Waals surface area contributed by atoms with Gasteiger partial charge in [0.25, 0.3) is 5.56 Å². The minimum absolute atomic E-state index is 0.0450. The van der Waals surface area contributed by atoms with E-state index in [0.717, 1.165) is 37.4 Å². The molecule has 0 spiro atoms. The molecule has 1 aromatic heterocycles. The van der Waals surface area contributed by atoms with Crippen LogP contribution in [0.2, 0.25) is 5.02 Å². The third-order valence-electron chi connectivity index (χ3n) is 11.7. The van der Waals surface area contributed by atoms with Gasteiger partial charge in [-0.25, -0.2) is 4.98 Å². The number of carbonyl (C=O) groups excluding carboxylic acids is 3. The molecule has 0 aliphatic carbocycles. The number of fused-ring (bicyclic) bond motifs is 1. The number of aromatic nitrogens is 2. The summed E-state index contributed by atoms with van der Waals surface area (Å²) < 4.78 is 1.44. The van der Waals surface area contributed by atoms with Crippen LogP contribution in [0.25, 0.3) is 10.9 Å². The Hall–Kier alpha value is -5.08. The molecule has 57 heavy (non-hydrogen) atoms. The van der Waals surface area contributed by atoms with Crippen molar-refractivity contribution in [2.24, 2.45) is 5.92 Å². The van der Waals surface area contributed by atoms with Crippen LogP contribution < -0.4 is 21.1 Å². The SMILES string of the molecule is C=CC(=O)Nc1ccc(Cl)cc1N1CCC(C(=O)N2CCC(O)(Cn3cnc4cc(NC(=O)CCN5CCN(C)CC5)ccc4c3=O)CC2)C(c2ccccc2)C1. The van der Waals surface area contributed by atoms with Crippen molar-refractivity contribution in [3.63, 3.8) is 0 Å². The molecule has 3 amide bonds. The zero-order valence-corrected chi connectivity index (χ0v) is 33.2. The molecule has 3 fully saturated rings. The number of hydrogen-bond donors (Lipinski definition) is 3. The number of nitrogens with zero attached hydrogens (tertiary/aromatic N) is 6. The van der Waals surface area contributed by atoms with E-state index < -0.39 is 5.60 Å². The number of piperidine rings is 2. The molecular formula is C43H51ClN8O5. The monoisotopic (exact) mass is 794 g/mol. The van der Waals surface area contributed by atoms with Gasteiger partial charge < -0.3 is 35.3 Å². The minimum atomic E-state index is -1.20. The molecule has 3 aliphatic rings. The van der Waals surface area contributed by atoms with Gasteiger partial charge in [0.05, 0.1) is 40.8 Å². The first-order valence-corrected chi connectivity index (χ1v) is 20.1. The molecule has 7 rings (SSSR count). The molecule has 3 saturated heterocycles. The molecular weight excluding hydrogens is 744 g/mol. The number of anilines is 3. The lowest BCUT2D eigenvalue weighted by Gasteiger charge is -2.44. The molecule has 0 radical (unpaired) electrons. The quantitative estimate of drug-likeness (QED) is 0.188. The van der Waals surface area contributed by atoms with Crippen LogP contribution in [-0.4, -0.2) is 119 Å². The molecule has 0 bridgehead atoms. The van der Waals surface area contributed by atoms with Gasteiger partial charge in [0.15, 0.2) is 0 Å². The first-order valence-electron chi connectivity index (χ1n) is 19.7. The van der Waals surface area contributed by atoms with Gasteiger partial charge in [-0.1, -0.05) is 48.5 Å². The Labute approximate surface area is 337 Å². The molecule has 3 aromatic carbocycles. The summed E-state index contributed by atoms with van der Waals surface area (Å²) in [4.78, 5) is 65.9. The molecule has 4 aromatic rings. The number of likely N-dealkylation sites (tertiary alicyclic amines) is 1. The number of carbonyl (C=O) groups is 3. The van der Waals surface area contributed by atoms with E-state index in [1.54, 1.807) is 30.3 Å². The van der Waals surface area contributed by atoms with Crippen LogP contribution in [-0.2, 0) is 20.9 Å². The summed E-state index contributed by atoms with van der Waals surface area (Å²) in [5.41, 5.74) is 2.03. The van der Waals surface area contributed by atoms with Gasteiger partial charge >= 0.3 is 0 Å². The average Bonchev–Trinajstić information content (AvgIpc) is 3.22. The molecule has 300 valence electrons. The van der Waals surface area contributed by atoms with Crippen LogP contribution in [0.5, 0.6) is 0 Å². The van der Waals surface area contributed by atoms with Crippen LogP contribution in [0, 0.1) is 5.92 Å². The Morgan fingerprint density at radius 2 is 1.72 bits per heavy atom. The lowest BCUT2D eigenvalue weighted by Crippen LogP contribution is -2.53. The van der Waals surface area contributed by atoms with Crippen LogP contribution in [0.3, 0.4) is 0 Å². The molecule has 14 heteroatoms. The number of halogens is 1. The highest BCUT2D eigenvalue weighted by Crippen LogP contribution is 2.40. The van der Waals surface area contributed by atoms with E-state index >= 15 is 0 Å². The molecule has 13 nitrogen and oxygen atoms in total. The van der Waals surface area contributed by atoms with Crippen molar-refractivity contribution in [2.75, 3.05) is 81.5 Å². The Morgan fingerprint density at radius 3 is 2.46 bits per heavy atom. The maximum Gasteiger partial charge on any atom is 0.261 e. The third kappa shape index (κ3) is 9.56. The average molecular weight is 795 g/mol. The lowest BCUT2D eigenvalue weighted by molar-refractivity contribution is -0.141. The number of hydrogen-bond acceptors (Lipinski definition) is 9. The zero-order valence-electron chi connectivity index (χ0n) is 32.4. The number of likely N-dealkylation sites (N-methyl/N-ethyl adjacent to an activating group) is 1. The first kappa shape index (κ1) is 40.1. The van der Waals surface area contributed by atoms with Crippen molar-refractivity contribution in [2.45, 2.75) is 43.7 Å². The van der Waals surface area contributed by atoms with Crippen molar-refractivity contribution in [3.05, 3.63) is 107 Å². The standard InChI is InChI=1S/C43H51ClN8O5/c1-3-39(53)47-36-12-9-31(44)25-38(36)51-18-13-33(35(27-51)30-7-5-4-6-8-30)41(55)50-19-15-43(57,16-20-50)28-52-29-45-37-26-32(10-11-34(37)42(52)56)46-40(54)14-17-49-23-21-48(2)22-24-49/h3-12,25-26,29,33,35,57H,1,13-24,27-28H2,2H3,(H,46,54)(H,47,53). The highest BCUT2D eigenvalue weighted by molar-refractivity contribution is 6.31.